The molecule has 0 spiro atoms. The van der Waals surface area contributed by atoms with E-state index in [0.29, 0.717) is 31.7 Å². The molecule has 0 aromatic heterocycles. The highest BCUT2D eigenvalue weighted by Crippen LogP contribution is 2.16. The third kappa shape index (κ3) is 6.53. The zero-order valence-electron chi connectivity index (χ0n) is 13.3. The summed E-state index contributed by atoms with van der Waals surface area (Å²) < 4.78 is 17.3. The molecule has 1 aromatic rings. The van der Waals surface area contributed by atoms with Crippen LogP contribution in [0.4, 0.5) is 0 Å². The van der Waals surface area contributed by atoms with Crippen LogP contribution >= 0.6 is 11.6 Å². The Balaban J connectivity index is 1.65. The highest BCUT2D eigenvalue weighted by Gasteiger charge is 2.18. The van der Waals surface area contributed by atoms with Gasteiger partial charge in [0.05, 0.1) is 6.61 Å². The molecule has 1 aliphatic rings. The average Bonchev–Trinajstić information content (AvgIpc) is 2.76. The largest absolute Gasteiger partial charge is 0.491 e. The fraction of sp³-hybridized carbons (Fsp3) is 0.647. The van der Waals surface area contributed by atoms with Gasteiger partial charge in [-0.3, -0.25) is 4.90 Å². The van der Waals surface area contributed by atoms with Crippen LogP contribution in [0, 0.1) is 0 Å². The number of hydrogen-bond acceptors (Lipinski definition) is 4. The summed E-state index contributed by atoms with van der Waals surface area (Å²) in [6.45, 7) is 5.57. The molecular weight excluding hydrogens is 302 g/mol. The smallest absolute Gasteiger partial charge is 0.119 e. The molecule has 0 amide bonds. The van der Waals surface area contributed by atoms with Gasteiger partial charge in [-0.2, -0.15) is 0 Å². The van der Waals surface area contributed by atoms with Gasteiger partial charge >= 0.3 is 0 Å². The summed E-state index contributed by atoms with van der Waals surface area (Å²) in [7, 11) is 0. The maximum atomic E-state index is 5.87. The van der Waals surface area contributed by atoms with Crippen molar-refractivity contribution in [2.24, 2.45) is 0 Å². The topological polar surface area (TPSA) is 30.9 Å². The van der Waals surface area contributed by atoms with E-state index in [1.807, 2.05) is 24.3 Å². The second-order valence-corrected chi connectivity index (χ2v) is 6.07. The Morgan fingerprint density at radius 1 is 1.18 bits per heavy atom. The van der Waals surface area contributed by atoms with Gasteiger partial charge in [-0.15, -0.1) is 0 Å². The van der Waals surface area contributed by atoms with Gasteiger partial charge < -0.3 is 14.2 Å². The van der Waals surface area contributed by atoms with Crippen molar-refractivity contribution >= 4 is 11.6 Å². The molecule has 0 N–H and O–H groups in total. The zero-order valence-corrected chi connectivity index (χ0v) is 14.1. The first kappa shape index (κ1) is 17.5. The Morgan fingerprint density at radius 3 is 2.77 bits per heavy atom. The summed E-state index contributed by atoms with van der Waals surface area (Å²) in [5, 5.41) is 0.708. The summed E-state index contributed by atoms with van der Waals surface area (Å²) in [6, 6.07) is 7.36. The Labute approximate surface area is 138 Å². The van der Waals surface area contributed by atoms with Gasteiger partial charge in [0.15, 0.2) is 0 Å². The Hall–Kier alpha value is -0.810. The van der Waals surface area contributed by atoms with Gasteiger partial charge in [0.25, 0.3) is 0 Å². The van der Waals surface area contributed by atoms with E-state index in [1.54, 1.807) is 0 Å². The highest BCUT2D eigenvalue weighted by atomic mass is 35.5. The maximum Gasteiger partial charge on any atom is 0.119 e. The van der Waals surface area contributed by atoms with E-state index in [9.17, 15) is 0 Å². The number of hydrogen-bond donors (Lipinski definition) is 0. The molecule has 1 aromatic carbocycles. The molecule has 22 heavy (non-hydrogen) atoms. The molecule has 1 aliphatic heterocycles. The van der Waals surface area contributed by atoms with Gasteiger partial charge in [0.2, 0.25) is 0 Å². The van der Waals surface area contributed by atoms with Crippen LogP contribution in [0.5, 0.6) is 5.75 Å². The van der Waals surface area contributed by atoms with Crippen molar-refractivity contribution in [3.63, 3.8) is 0 Å². The van der Waals surface area contributed by atoms with Crippen LogP contribution in [0.2, 0.25) is 5.02 Å². The molecule has 5 heteroatoms. The van der Waals surface area contributed by atoms with Crippen LogP contribution in [0.25, 0.3) is 0 Å². The van der Waals surface area contributed by atoms with E-state index < -0.39 is 0 Å². The van der Waals surface area contributed by atoms with E-state index >= 15 is 0 Å². The molecule has 1 atom stereocenters. The second kappa shape index (κ2) is 10.1. The molecule has 0 aliphatic carbocycles. The number of rotatable bonds is 8. The van der Waals surface area contributed by atoms with Gasteiger partial charge in [0.1, 0.15) is 31.9 Å². The predicted octanol–water partition coefficient (Wildman–Crippen LogP) is 3.93. The van der Waals surface area contributed by atoms with Crippen LogP contribution in [-0.4, -0.2) is 44.2 Å². The quantitative estimate of drug-likeness (QED) is 0.677. The highest BCUT2D eigenvalue weighted by molar-refractivity contribution is 6.30. The van der Waals surface area contributed by atoms with Crippen molar-refractivity contribution in [2.75, 3.05) is 33.2 Å². The lowest BCUT2D eigenvalue weighted by molar-refractivity contribution is -0.0195. The van der Waals surface area contributed by atoms with Crippen LogP contribution in [0.3, 0.4) is 0 Å². The van der Waals surface area contributed by atoms with Crippen molar-refractivity contribution in [3.05, 3.63) is 29.3 Å². The molecule has 0 bridgehead atoms. The first-order valence-corrected chi connectivity index (χ1v) is 8.46. The summed E-state index contributed by atoms with van der Waals surface area (Å²) in [6.07, 6.45) is 5.00. The van der Waals surface area contributed by atoms with E-state index in [1.165, 1.54) is 25.7 Å². The molecule has 1 heterocycles. The summed E-state index contributed by atoms with van der Waals surface area (Å²) in [4.78, 5) is 2.21. The third-order valence-electron chi connectivity index (χ3n) is 3.65. The minimum atomic E-state index is -0.0312. The molecule has 1 saturated heterocycles. The Bertz CT molecular complexity index is 413. The monoisotopic (exact) mass is 327 g/mol. The lowest BCUT2D eigenvalue weighted by Gasteiger charge is -2.19. The first-order valence-electron chi connectivity index (χ1n) is 8.08. The maximum absolute atomic E-state index is 5.87. The number of halogens is 1. The lowest BCUT2D eigenvalue weighted by atomic mass is 10.2. The number of ether oxygens (including phenoxy) is 3. The summed E-state index contributed by atoms with van der Waals surface area (Å²) in [5.41, 5.74) is 0. The van der Waals surface area contributed by atoms with Gasteiger partial charge in [-0.1, -0.05) is 37.8 Å². The van der Waals surface area contributed by atoms with Crippen molar-refractivity contribution in [1.82, 2.24) is 4.90 Å². The molecule has 0 unspecified atom stereocenters. The normalized spacial score (nSPS) is 19.8. The fourth-order valence-corrected chi connectivity index (χ4v) is 2.44. The second-order valence-electron chi connectivity index (χ2n) is 5.64. The fourth-order valence-electron chi connectivity index (χ4n) is 2.32. The molecule has 1 fully saturated rings. The lowest BCUT2D eigenvalue weighted by Crippen LogP contribution is -2.29. The standard InChI is InChI=1S/C17H26ClNO3/c1-2-3-4-5-10-19-13-20-11-17(22-14-19)12-21-16-8-6-15(18)7-9-16/h6-9,17H,2-5,10-14H2,1H3/t17-/m1/s1. The number of unbranched alkanes of at least 4 members (excludes halogenated alkanes) is 3. The molecule has 4 nitrogen and oxygen atoms in total. The van der Waals surface area contributed by atoms with Crippen molar-refractivity contribution in [1.29, 1.82) is 0 Å². The van der Waals surface area contributed by atoms with Crippen molar-refractivity contribution in [2.45, 2.75) is 38.7 Å². The molecular formula is C17H26ClNO3. The van der Waals surface area contributed by atoms with Crippen LogP contribution in [0.1, 0.15) is 32.6 Å². The number of benzene rings is 1. The van der Waals surface area contributed by atoms with Gasteiger partial charge in [0, 0.05) is 11.6 Å². The Morgan fingerprint density at radius 2 is 2.00 bits per heavy atom. The zero-order chi connectivity index (χ0) is 15.6. The number of nitrogens with zero attached hydrogens (tertiary/aromatic N) is 1. The van der Waals surface area contributed by atoms with Crippen molar-refractivity contribution in [3.8, 4) is 5.75 Å². The minimum Gasteiger partial charge on any atom is -0.491 e. The van der Waals surface area contributed by atoms with E-state index in [4.69, 9.17) is 25.8 Å². The summed E-state index contributed by atoms with van der Waals surface area (Å²) >= 11 is 5.85. The van der Waals surface area contributed by atoms with Gasteiger partial charge in [-0.05, 0) is 30.7 Å². The van der Waals surface area contributed by atoms with Gasteiger partial charge in [-0.25, -0.2) is 0 Å². The van der Waals surface area contributed by atoms with E-state index in [-0.39, 0.29) is 6.10 Å². The molecule has 0 radical (unpaired) electrons. The Kier molecular flexibility index (Phi) is 8.02. The van der Waals surface area contributed by atoms with E-state index in [2.05, 4.69) is 11.8 Å². The van der Waals surface area contributed by atoms with Crippen LogP contribution < -0.4 is 4.74 Å². The molecule has 0 saturated carbocycles. The summed E-state index contributed by atoms with van der Waals surface area (Å²) in [5.74, 6) is 0.800. The molecule has 124 valence electrons. The first-order chi connectivity index (χ1) is 10.8. The van der Waals surface area contributed by atoms with Crippen LogP contribution in [-0.2, 0) is 9.47 Å². The van der Waals surface area contributed by atoms with Crippen LogP contribution in [0.15, 0.2) is 24.3 Å². The molecule has 2 rings (SSSR count). The van der Waals surface area contributed by atoms with E-state index in [0.717, 1.165) is 12.3 Å². The third-order valence-corrected chi connectivity index (χ3v) is 3.90. The predicted molar refractivity (Wildman–Crippen MR) is 88.4 cm³/mol. The SMILES string of the molecule is CCCCCCN1COC[C@H](COc2ccc(Cl)cc2)OC1. The average molecular weight is 328 g/mol. The minimum absolute atomic E-state index is 0.0312. The van der Waals surface area contributed by atoms with Crippen molar-refractivity contribution < 1.29 is 14.2 Å².